The van der Waals surface area contributed by atoms with Crippen LogP contribution in [0.15, 0.2) is 60.7 Å². The Bertz CT molecular complexity index is 1150. The van der Waals surface area contributed by atoms with Gasteiger partial charge in [-0.3, -0.25) is 5.43 Å². The Kier molecular flexibility index (Phi) is 4.84. The van der Waals surface area contributed by atoms with Gasteiger partial charge >= 0.3 is 0 Å². The minimum Gasteiger partial charge on any atom is -0.308 e. The Morgan fingerprint density at radius 1 is 0.862 bits per heavy atom. The monoisotopic (exact) mass is 420 g/mol. The summed E-state index contributed by atoms with van der Waals surface area (Å²) in [7, 11) is 0. The highest BCUT2D eigenvalue weighted by Crippen LogP contribution is 2.55. The van der Waals surface area contributed by atoms with Crippen molar-refractivity contribution in [2.45, 2.75) is 16.9 Å². The van der Waals surface area contributed by atoms with Crippen LogP contribution in [0.3, 0.4) is 0 Å². The van der Waals surface area contributed by atoms with Crippen LogP contribution in [0.25, 0.3) is 10.2 Å². The Morgan fingerprint density at radius 2 is 1.55 bits per heavy atom. The maximum Gasteiger partial charge on any atom is 0.240 e. The number of nitrogens with zero attached hydrogens (tertiary/aromatic N) is 2. The van der Waals surface area contributed by atoms with E-state index in [1.165, 1.54) is 21.6 Å². The predicted octanol–water partition coefficient (Wildman–Crippen LogP) is 4.38. The molecule has 6 N–H and O–H groups in total. The molecule has 2 aromatic carbocycles. The molecule has 5 rings (SSSR count). The molecule has 0 saturated carbocycles. The van der Waals surface area contributed by atoms with Crippen LogP contribution in [0, 0.1) is 0 Å². The number of hydrogen-bond donors (Lipinski definition) is 4. The van der Waals surface area contributed by atoms with Gasteiger partial charge in [-0.2, -0.15) is 4.98 Å². The van der Waals surface area contributed by atoms with Gasteiger partial charge in [0.1, 0.15) is 4.83 Å². The summed E-state index contributed by atoms with van der Waals surface area (Å²) in [5, 5.41) is 1.56. The molecule has 3 heterocycles. The molecule has 0 bridgehead atoms. The molecule has 2 aromatic heterocycles. The summed E-state index contributed by atoms with van der Waals surface area (Å²) in [5.74, 6) is 12.3. The van der Waals surface area contributed by atoms with Crippen molar-refractivity contribution in [3.8, 4) is 0 Å². The Labute approximate surface area is 176 Å². The van der Waals surface area contributed by atoms with Gasteiger partial charge in [0, 0.05) is 10.1 Å². The molecule has 0 spiro atoms. The highest BCUT2D eigenvalue weighted by atomic mass is 32.2. The van der Waals surface area contributed by atoms with Crippen molar-refractivity contribution in [2.75, 3.05) is 10.9 Å². The van der Waals surface area contributed by atoms with Gasteiger partial charge in [-0.15, -0.1) is 23.1 Å². The lowest BCUT2D eigenvalue weighted by Crippen LogP contribution is -2.16. The van der Waals surface area contributed by atoms with E-state index in [-0.39, 0.29) is 5.25 Å². The number of hydrogen-bond acceptors (Lipinski definition) is 8. The second-order valence-corrected chi connectivity index (χ2v) is 9.18. The van der Waals surface area contributed by atoms with Crippen LogP contribution in [0.1, 0.15) is 32.1 Å². The fourth-order valence-electron chi connectivity index (χ4n) is 3.84. The summed E-state index contributed by atoms with van der Waals surface area (Å²) < 4.78 is 0. The third kappa shape index (κ3) is 3.24. The zero-order chi connectivity index (χ0) is 19.8. The van der Waals surface area contributed by atoms with E-state index in [0.29, 0.717) is 17.0 Å². The topological polar surface area (TPSA) is 102 Å². The number of thiophene rings is 1. The van der Waals surface area contributed by atoms with Crippen molar-refractivity contribution < 1.29 is 0 Å². The molecule has 1 aliphatic rings. The lowest BCUT2D eigenvalue weighted by Gasteiger charge is -2.30. The maximum absolute atomic E-state index is 5.81. The smallest absolute Gasteiger partial charge is 0.240 e. The van der Waals surface area contributed by atoms with E-state index in [9.17, 15) is 0 Å². The standard InChI is InChI=1S/C21H20N6S2/c22-26-19-16-14-11-15(12-7-3-1-4-8-12)28-17(13-9-5-2-6-10-13)18(14)29-20(16)25-21(24-19)27-23/h1-10,15,17H,11,22-23H2,(H2,24,25,26,27)/t15-,17-/m0/s1. The number of rotatable bonds is 4. The zero-order valence-electron chi connectivity index (χ0n) is 15.5. The van der Waals surface area contributed by atoms with Crippen LogP contribution in [0.2, 0.25) is 0 Å². The summed E-state index contributed by atoms with van der Waals surface area (Å²) >= 11 is 3.69. The Morgan fingerprint density at radius 3 is 2.21 bits per heavy atom. The molecule has 0 radical (unpaired) electrons. The third-order valence-corrected chi connectivity index (χ3v) is 8.04. The average molecular weight is 421 g/mol. The number of anilines is 2. The lowest BCUT2D eigenvalue weighted by atomic mass is 9.98. The van der Waals surface area contributed by atoms with Crippen molar-refractivity contribution >= 4 is 45.1 Å². The number of hydrazine groups is 2. The van der Waals surface area contributed by atoms with Crippen molar-refractivity contribution in [2.24, 2.45) is 11.7 Å². The molecule has 0 aliphatic carbocycles. The van der Waals surface area contributed by atoms with Crippen LogP contribution < -0.4 is 22.5 Å². The first-order chi connectivity index (χ1) is 14.3. The fraction of sp³-hybridized carbons (Fsp3) is 0.143. The summed E-state index contributed by atoms with van der Waals surface area (Å²) in [4.78, 5) is 11.2. The molecule has 0 amide bonds. The molecule has 2 atom stereocenters. The Balaban J connectivity index is 1.72. The van der Waals surface area contributed by atoms with Gasteiger partial charge in [0.2, 0.25) is 5.95 Å². The van der Waals surface area contributed by atoms with Gasteiger partial charge < -0.3 is 5.43 Å². The van der Waals surface area contributed by atoms with Gasteiger partial charge in [0.25, 0.3) is 0 Å². The lowest BCUT2D eigenvalue weighted by molar-refractivity contribution is 0.894. The maximum atomic E-state index is 5.81. The number of nitrogens with two attached hydrogens (primary N) is 2. The van der Waals surface area contributed by atoms with Crippen LogP contribution in [-0.2, 0) is 6.42 Å². The predicted molar refractivity (Wildman–Crippen MR) is 122 cm³/mol. The van der Waals surface area contributed by atoms with Crippen molar-refractivity contribution in [3.63, 3.8) is 0 Å². The number of nitrogen functional groups attached to an aromatic ring is 2. The first-order valence-electron chi connectivity index (χ1n) is 9.30. The van der Waals surface area contributed by atoms with Crippen molar-refractivity contribution in [3.05, 3.63) is 82.2 Å². The van der Waals surface area contributed by atoms with Gasteiger partial charge in [-0.05, 0) is 23.1 Å². The number of aromatic nitrogens is 2. The van der Waals surface area contributed by atoms with Crippen LogP contribution in [0.4, 0.5) is 11.8 Å². The molecule has 6 nitrogen and oxygen atoms in total. The highest BCUT2D eigenvalue weighted by molar-refractivity contribution is 8.00. The van der Waals surface area contributed by atoms with Gasteiger partial charge in [-0.25, -0.2) is 16.7 Å². The minimum absolute atomic E-state index is 0.226. The molecule has 0 unspecified atom stereocenters. The molecule has 0 saturated heterocycles. The van der Waals surface area contributed by atoms with E-state index in [4.69, 9.17) is 11.7 Å². The van der Waals surface area contributed by atoms with E-state index < -0.39 is 0 Å². The number of benzene rings is 2. The van der Waals surface area contributed by atoms with Crippen molar-refractivity contribution in [1.82, 2.24) is 9.97 Å². The zero-order valence-corrected chi connectivity index (χ0v) is 17.1. The molecular formula is C21H20N6S2. The van der Waals surface area contributed by atoms with E-state index in [0.717, 1.165) is 16.6 Å². The number of thioether (sulfide) groups is 1. The molecule has 8 heteroatoms. The number of fused-ring (bicyclic) bond motifs is 3. The molecular weight excluding hydrogens is 400 g/mol. The SMILES string of the molecule is NNc1nc(NN)c2c3c(sc2n1)[C@H](c1ccccc1)S[C@H](c1ccccc1)C3. The quantitative estimate of drug-likeness (QED) is 0.287. The first-order valence-corrected chi connectivity index (χ1v) is 11.1. The van der Waals surface area contributed by atoms with E-state index in [2.05, 4.69) is 81.5 Å². The fourth-order valence-corrected chi connectivity index (χ4v) is 6.85. The second kappa shape index (κ2) is 7.64. The number of nitrogens with one attached hydrogen (secondary N) is 2. The van der Waals surface area contributed by atoms with Crippen LogP contribution in [-0.4, -0.2) is 9.97 Å². The molecule has 146 valence electrons. The minimum atomic E-state index is 0.226. The van der Waals surface area contributed by atoms with Crippen LogP contribution in [0.5, 0.6) is 0 Å². The molecule has 29 heavy (non-hydrogen) atoms. The first kappa shape index (κ1) is 18.4. The molecule has 4 aromatic rings. The van der Waals surface area contributed by atoms with E-state index >= 15 is 0 Å². The van der Waals surface area contributed by atoms with Crippen molar-refractivity contribution in [1.29, 1.82) is 0 Å². The Hall–Kier alpha value is -2.65. The summed E-state index contributed by atoms with van der Waals surface area (Å²) in [5.41, 5.74) is 9.16. The van der Waals surface area contributed by atoms with E-state index in [1.807, 2.05) is 11.8 Å². The summed E-state index contributed by atoms with van der Waals surface area (Å²) in [6, 6.07) is 21.3. The van der Waals surface area contributed by atoms with Gasteiger partial charge in [0.15, 0.2) is 5.82 Å². The third-order valence-electron chi connectivity index (χ3n) is 5.15. The average Bonchev–Trinajstić information content (AvgIpc) is 3.17. The molecule has 0 fully saturated rings. The molecule has 1 aliphatic heterocycles. The normalized spacial score (nSPS) is 18.4. The van der Waals surface area contributed by atoms with Gasteiger partial charge in [0.05, 0.1) is 10.6 Å². The highest BCUT2D eigenvalue weighted by Gasteiger charge is 2.34. The summed E-state index contributed by atoms with van der Waals surface area (Å²) in [6.45, 7) is 0. The van der Waals surface area contributed by atoms with Gasteiger partial charge in [-0.1, -0.05) is 60.7 Å². The second-order valence-electron chi connectivity index (χ2n) is 6.84. The largest absolute Gasteiger partial charge is 0.308 e. The van der Waals surface area contributed by atoms with Crippen LogP contribution >= 0.6 is 23.1 Å². The summed E-state index contributed by atoms with van der Waals surface area (Å²) in [6.07, 6.45) is 0.904. The van der Waals surface area contributed by atoms with E-state index in [1.54, 1.807) is 11.3 Å².